The number of thiazole rings is 1. The summed E-state index contributed by atoms with van der Waals surface area (Å²) in [6.45, 7) is 4.54. The first-order valence-electron chi connectivity index (χ1n) is 7.88. The third-order valence-corrected chi connectivity index (χ3v) is 5.68. The molecule has 1 fully saturated rings. The molecule has 5 heteroatoms. The van der Waals surface area contributed by atoms with Crippen LogP contribution < -0.4 is 10.6 Å². The minimum Gasteiger partial charge on any atom is -0.348 e. The molecule has 0 atom stereocenters. The number of amides is 1. The Bertz CT molecular complexity index is 544. The van der Waals surface area contributed by atoms with E-state index in [1.807, 2.05) is 6.92 Å². The normalized spacial score (nSPS) is 19.6. The summed E-state index contributed by atoms with van der Waals surface area (Å²) in [7, 11) is 0. The van der Waals surface area contributed by atoms with Gasteiger partial charge < -0.3 is 10.6 Å². The third kappa shape index (κ3) is 3.52. The van der Waals surface area contributed by atoms with E-state index >= 15 is 0 Å². The number of hydrogen-bond acceptors (Lipinski definition) is 4. The zero-order valence-corrected chi connectivity index (χ0v) is 13.4. The Balaban J connectivity index is 1.62. The van der Waals surface area contributed by atoms with Gasteiger partial charge in [0, 0.05) is 19.0 Å². The molecule has 114 valence electrons. The fourth-order valence-electron chi connectivity index (χ4n) is 3.08. The van der Waals surface area contributed by atoms with Crippen LogP contribution in [0.3, 0.4) is 0 Å². The Kier molecular flexibility index (Phi) is 4.70. The predicted octanol–water partition coefficient (Wildman–Crippen LogP) is 2.76. The monoisotopic (exact) mass is 305 g/mol. The van der Waals surface area contributed by atoms with Gasteiger partial charge in [0.1, 0.15) is 4.88 Å². The smallest absolute Gasteiger partial charge is 0.263 e. The van der Waals surface area contributed by atoms with Crippen molar-refractivity contribution in [2.24, 2.45) is 0 Å². The van der Waals surface area contributed by atoms with Gasteiger partial charge in [-0.2, -0.15) is 0 Å². The molecule has 4 nitrogen and oxygen atoms in total. The van der Waals surface area contributed by atoms with Gasteiger partial charge in [-0.25, -0.2) is 4.98 Å². The lowest BCUT2D eigenvalue weighted by Crippen LogP contribution is -2.29. The van der Waals surface area contributed by atoms with Crippen molar-refractivity contribution in [3.05, 3.63) is 27.2 Å². The van der Waals surface area contributed by atoms with Crippen LogP contribution in [0.25, 0.3) is 0 Å². The van der Waals surface area contributed by atoms with Gasteiger partial charge in [-0.05, 0) is 32.7 Å². The number of nitrogens with zero attached hydrogens (tertiary/aromatic N) is 1. The maximum absolute atomic E-state index is 12.4. The lowest BCUT2D eigenvalue weighted by atomic mass is 10.1. The van der Waals surface area contributed by atoms with E-state index in [4.69, 9.17) is 0 Å². The Labute approximate surface area is 130 Å². The molecule has 0 saturated heterocycles. The summed E-state index contributed by atoms with van der Waals surface area (Å²) in [5.41, 5.74) is 2.21. The number of carbonyl (C=O) groups excluding carboxylic acids is 1. The Morgan fingerprint density at radius 1 is 1.48 bits per heavy atom. The van der Waals surface area contributed by atoms with E-state index in [0.717, 1.165) is 35.1 Å². The molecular formula is C16H23N3OS. The van der Waals surface area contributed by atoms with Crippen LogP contribution in [0.2, 0.25) is 0 Å². The molecule has 2 aliphatic rings. The highest BCUT2D eigenvalue weighted by Gasteiger charge is 2.23. The van der Waals surface area contributed by atoms with Crippen molar-refractivity contribution < 1.29 is 4.79 Å². The van der Waals surface area contributed by atoms with E-state index in [-0.39, 0.29) is 5.91 Å². The number of aryl methyl sites for hydroxylation is 1. The van der Waals surface area contributed by atoms with E-state index in [9.17, 15) is 4.79 Å². The highest BCUT2D eigenvalue weighted by atomic mass is 32.1. The zero-order valence-electron chi connectivity index (χ0n) is 12.6. The van der Waals surface area contributed by atoms with Crippen molar-refractivity contribution in [1.29, 1.82) is 0 Å². The van der Waals surface area contributed by atoms with Gasteiger partial charge in [0.05, 0.1) is 10.7 Å². The molecule has 0 spiro atoms. The van der Waals surface area contributed by atoms with E-state index in [2.05, 4.69) is 21.7 Å². The topological polar surface area (TPSA) is 54.0 Å². The molecular weight excluding hydrogens is 282 g/mol. The van der Waals surface area contributed by atoms with Crippen LogP contribution in [0, 0.1) is 6.92 Å². The van der Waals surface area contributed by atoms with Gasteiger partial charge in [-0.3, -0.25) is 4.79 Å². The predicted molar refractivity (Wildman–Crippen MR) is 86.0 cm³/mol. The molecule has 0 aromatic carbocycles. The van der Waals surface area contributed by atoms with E-state index in [1.165, 1.54) is 31.3 Å². The number of hydrogen-bond donors (Lipinski definition) is 2. The molecule has 1 amide bonds. The van der Waals surface area contributed by atoms with Crippen LogP contribution >= 0.6 is 11.3 Å². The summed E-state index contributed by atoms with van der Waals surface area (Å²) >= 11 is 1.60. The summed E-state index contributed by atoms with van der Waals surface area (Å²) in [6.07, 6.45) is 8.25. The fraction of sp³-hybridized carbons (Fsp3) is 0.625. The zero-order chi connectivity index (χ0) is 14.7. The van der Waals surface area contributed by atoms with Crippen molar-refractivity contribution in [2.75, 3.05) is 19.6 Å². The molecule has 1 aromatic heterocycles. The third-order valence-electron chi connectivity index (χ3n) is 4.36. The van der Waals surface area contributed by atoms with E-state index < -0.39 is 0 Å². The first-order valence-corrected chi connectivity index (χ1v) is 8.70. The first-order chi connectivity index (χ1) is 10.2. The van der Waals surface area contributed by atoms with Crippen LogP contribution in [-0.2, 0) is 0 Å². The molecule has 1 aliphatic carbocycles. The Hall–Kier alpha value is -1.20. The number of rotatable bonds is 4. The number of carbonyl (C=O) groups is 1. The van der Waals surface area contributed by atoms with E-state index in [1.54, 1.807) is 11.3 Å². The summed E-state index contributed by atoms with van der Waals surface area (Å²) in [6, 6.07) is 0. The largest absolute Gasteiger partial charge is 0.348 e. The highest BCUT2D eigenvalue weighted by molar-refractivity contribution is 7.13. The maximum atomic E-state index is 12.4. The summed E-state index contributed by atoms with van der Waals surface area (Å²) in [5, 5.41) is 7.49. The SMILES string of the molecule is Cc1nc(C2CCCC2)sc1C(=O)NCC1=CCNCC1. The molecule has 1 aliphatic heterocycles. The molecule has 3 rings (SSSR count). The van der Waals surface area contributed by atoms with Crippen molar-refractivity contribution >= 4 is 17.2 Å². The second-order valence-corrected chi connectivity index (χ2v) is 6.98. The highest BCUT2D eigenvalue weighted by Crippen LogP contribution is 2.37. The van der Waals surface area contributed by atoms with Crippen molar-refractivity contribution in [2.45, 2.75) is 44.9 Å². The number of aromatic nitrogens is 1. The molecule has 0 unspecified atom stereocenters. The average Bonchev–Trinajstić information content (AvgIpc) is 3.15. The van der Waals surface area contributed by atoms with Gasteiger partial charge in [0.15, 0.2) is 0 Å². The maximum Gasteiger partial charge on any atom is 0.263 e. The molecule has 21 heavy (non-hydrogen) atoms. The standard InChI is InChI=1S/C16H23N3OS/c1-11-14(21-16(19-11)13-4-2-3-5-13)15(20)18-10-12-6-8-17-9-7-12/h6,13,17H,2-5,7-10H2,1H3,(H,18,20). The molecule has 2 N–H and O–H groups in total. The van der Waals surface area contributed by atoms with Crippen molar-refractivity contribution in [1.82, 2.24) is 15.6 Å². The second kappa shape index (κ2) is 6.71. The fourth-order valence-corrected chi connectivity index (χ4v) is 4.23. The lowest BCUT2D eigenvalue weighted by Gasteiger charge is -2.14. The van der Waals surface area contributed by atoms with Gasteiger partial charge in [0.25, 0.3) is 5.91 Å². The van der Waals surface area contributed by atoms with Crippen LogP contribution in [0.5, 0.6) is 0 Å². The second-order valence-electron chi connectivity index (χ2n) is 5.95. The molecule has 2 heterocycles. The van der Waals surface area contributed by atoms with Crippen LogP contribution in [0.15, 0.2) is 11.6 Å². The average molecular weight is 305 g/mol. The van der Waals surface area contributed by atoms with Gasteiger partial charge >= 0.3 is 0 Å². The Morgan fingerprint density at radius 3 is 3.00 bits per heavy atom. The molecule has 0 radical (unpaired) electrons. The molecule has 1 aromatic rings. The molecule has 1 saturated carbocycles. The first kappa shape index (κ1) is 14.7. The number of nitrogens with one attached hydrogen (secondary N) is 2. The van der Waals surface area contributed by atoms with Crippen LogP contribution in [0.4, 0.5) is 0 Å². The van der Waals surface area contributed by atoms with Gasteiger partial charge in [0.2, 0.25) is 0 Å². The summed E-state index contributed by atoms with van der Waals surface area (Å²) in [4.78, 5) is 17.8. The van der Waals surface area contributed by atoms with Crippen molar-refractivity contribution in [3.8, 4) is 0 Å². The van der Waals surface area contributed by atoms with Gasteiger partial charge in [-0.1, -0.05) is 24.5 Å². The van der Waals surface area contributed by atoms with Crippen LogP contribution in [-0.4, -0.2) is 30.5 Å². The summed E-state index contributed by atoms with van der Waals surface area (Å²) in [5.74, 6) is 0.621. The van der Waals surface area contributed by atoms with Gasteiger partial charge in [-0.15, -0.1) is 11.3 Å². The molecule has 0 bridgehead atoms. The Morgan fingerprint density at radius 2 is 2.29 bits per heavy atom. The minimum absolute atomic E-state index is 0.0358. The van der Waals surface area contributed by atoms with E-state index in [0.29, 0.717) is 12.5 Å². The van der Waals surface area contributed by atoms with Crippen LogP contribution in [0.1, 0.15) is 58.4 Å². The minimum atomic E-state index is 0.0358. The lowest BCUT2D eigenvalue weighted by molar-refractivity contribution is 0.0960. The quantitative estimate of drug-likeness (QED) is 0.841. The van der Waals surface area contributed by atoms with Crippen molar-refractivity contribution in [3.63, 3.8) is 0 Å². The summed E-state index contributed by atoms with van der Waals surface area (Å²) < 4.78 is 0.